The molecular formula is C16H12F4N4O3. The highest BCUT2D eigenvalue weighted by Gasteiger charge is 2.32. The number of halogens is 4. The Bertz CT molecular complexity index is 891. The average molecular weight is 384 g/mol. The first-order valence-corrected chi connectivity index (χ1v) is 7.72. The Hall–Kier alpha value is -3.29. The van der Waals surface area contributed by atoms with Gasteiger partial charge in [0.2, 0.25) is 0 Å². The van der Waals surface area contributed by atoms with E-state index in [1.165, 1.54) is 11.0 Å². The van der Waals surface area contributed by atoms with Crippen LogP contribution in [-0.4, -0.2) is 41.3 Å². The lowest BCUT2D eigenvalue weighted by atomic mass is 10.2. The van der Waals surface area contributed by atoms with E-state index in [1.807, 2.05) is 6.19 Å². The van der Waals surface area contributed by atoms with Gasteiger partial charge >= 0.3 is 12.3 Å². The van der Waals surface area contributed by atoms with E-state index in [0.717, 1.165) is 18.3 Å². The summed E-state index contributed by atoms with van der Waals surface area (Å²) in [6.45, 7) is 0.891. The van der Waals surface area contributed by atoms with Gasteiger partial charge in [0, 0.05) is 24.7 Å². The highest BCUT2D eigenvalue weighted by Crippen LogP contribution is 2.30. The Kier molecular flexibility index (Phi) is 4.89. The Morgan fingerprint density at radius 3 is 2.89 bits per heavy atom. The van der Waals surface area contributed by atoms with Gasteiger partial charge < -0.3 is 19.4 Å². The predicted octanol–water partition coefficient (Wildman–Crippen LogP) is 2.66. The number of carbonyl (C=O) groups is 1. The smallest absolute Gasteiger partial charge is 0.432 e. The van der Waals surface area contributed by atoms with Gasteiger partial charge in [-0.3, -0.25) is 4.79 Å². The minimum Gasteiger partial charge on any atom is -0.432 e. The normalized spacial score (nSPS) is 16.9. The maximum absolute atomic E-state index is 13.5. The zero-order valence-corrected chi connectivity index (χ0v) is 13.6. The number of nitriles is 1. The summed E-state index contributed by atoms with van der Waals surface area (Å²) < 4.78 is 59.3. The lowest BCUT2D eigenvalue weighted by molar-refractivity contribution is -0.275. The molecule has 0 spiro atoms. The predicted molar refractivity (Wildman–Crippen MR) is 81.6 cm³/mol. The highest BCUT2D eigenvalue weighted by molar-refractivity contribution is 5.90. The molecule has 142 valence electrons. The van der Waals surface area contributed by atoms with E-state index in [1.54, 1.807) is 0 Å². The fourth-order valence-corrected chi connectivity index (χ4v) is 2.59. The van der Waals surface area contributed by atoms with Crippen LogP contribution in [0.5, 0.6) is 5.75 Å². The molecule has 1 aliphatic rings. The van der Waals surface area contributed by atoms with E-state index in [2.05, 4.69) is 15.0 Å². The summed E-state index contributed by atoms with van der Waals surface area (Å²) in [5, 5.41) is 11.5. The molecule has 27 heavy (non-hydrogen) atoms. The van der Waals surface area contributed by atoms with E-state index in [9.17, 15) is 22.4 Å². The van der Waals surface area contributed by atoms with Gasteiger partial charge in [0.05, 0.1) is 6.20 Å². The number of carbonyl (C=O) groups excluding carboxylic acids is 1. The molecule has 1 aromatic carbocycles. The number of likely N-dealkylation sites (tertiary alicyclic amines) is 1. The maximum Gasteiger partial charge on any atom is 0.573 e. The number of rotatable bonds is 4. The number of alkyl halides is 3. The minimum absolute atomic E-state index is 0.0303. The number of amides is 1. The fourth-order valence-electron chi connectivity index (χ4n) is 2.59. The summed E-state index contributed by atoms with van der Waals surface area (Å²) in [4.78, 5) is 17.4. The summed E-state index contributed by atoms with van der Waals surface area (Å²) in [5.41, 5.74) is 0.0544. The van der Waals surface area contributed by atoms with Crippen LogP contribution in [0.15, 0.2) is 28.8 Å². The van der Waals surface area contributed by atoms with Crippen LogP contribution in [0.3, 0.4) is 0 Å². The van der Waals surface area contributed by atoms with E-state index in [0.29, 0.717) is 19.5 Å². The molecule has 1 atom stereocenters. The molecule has 1 N–H and O–H groups in total. The first kappa shape index (κ1) is 18.5. The number of hydrogen-bond donors (Lipinski definition) is 1. The molecule has 1 aromatic heterocycles. The first-order valence-electron chi connectivity index (χ1n) is 7.72. The van der Waals surface area contributed by atoms with Gasteiger partial charge in [-0.05, 0) is 24.6 Å². The van der Waals surface area contributed by atoms with Crippen LogP contribution in [-0.2, 0) is 0 Å². The van der Waals surface area contributed by atoms with Crippen LogP contribution in [0.1, 0.15) is 17.1 Å². The number of nitrogens with zero attached hydrogens (tertiary/aromatic N) is 3. The van der Waals surface area contributed by atoms with E-state index < -0.39 is 23.8 Å². The van der Waals surface area contributed by atoms with Crippen LogP contribution in [0, 0.1) is 17.3 Å². The number of oxazole rings is 1. The van der Waals surface area contributed by atoms with Gasteiger partial charge in [-0.2, -0.15) is 5.26 Å². The van der Waals surface area contributed by atoms with Crippen LogP contribution in [0.25, 0.3) is 11.3 Å². The zero-order chi connectivity index (χ0) is 19.6. The number of hydrogen-bond acceptors (Lipinski definition) is 6. The van der Waals surface area contributed by atoms with E-state index in [4.69, 9.17) is 9.68 Å². The Balaban J connectivity index is 1.73. The molecule has 1 unspecified atom stereocenters. The van der Waals surface area contributed by atoms with Gasteiger partial charge in [0.15, 0.2) is 23.5 Å². The van der Waals surface area contributed by atoms with Crippen molar-refractivity contribution in [1.82, 2.24) is 15.2 Å². The summed E-state index contributed by atoms with van der Waals surface area (Å²) >= 11 is 0. The second-order valence-electron chi connectivity index (χ2n) is 5.73. The molecule has 2 aromatic rings. The second-order valence-corrected chi connectivity index (χ2v) is 5.73. The van der Waals surface area contributed by atoms with Crippen molar-refractivity contribution in [1.29, 1.82) is 5.26 Å². The molecule has 11 heteroatoms. The Morgan fingerprint density at radius 2 is 2.22 bits per heavy atom. The molecule has 1 aliphatic heterocycles. The third kappa shape index (κ3) is 4.46. The molecule has 0 saturated carbocycles. The minimum atomic E-state index is -5.05. The van der Waals surface area contributed by atoms with Crippen molar-refractivity contribution in [3.05, 3.63) is 36.1 Å². The maximum atomic E-state index is 13.5. The monoisotopic (exact) mass is 384 g/mol. The molecule has 1 amide bonds. The lowest BCUT2D eigenvalue weighted by Crippen LogP contribution is -2.36. The second kappa shape index (κ2) is 7.14. The Morgan fingerprint density at radius 1 is 1.44 bits per heavy atom. The van der Waals surface area contributed by atoms with Crippen LogP contribution in [0.4, 0.5) is 17.6 Å². The molecule has 7 nitrogen and oxygen atoms in total. The van der Waals surface area contributed by atoms with Crippen molar-refractivity contribution in [3.63, 3.8) is 0 Å². The van der Waals surface area contributed by atoms with Crippen molar-refractivity contribution in [2.24, 2.45) is 0 Å². The lowest BCUT2D eigenvalue weighted by Gasteiger charge is -2.10. The summed E-state index contributed by atoms with van der Waals surface area (Å²) in [5.74, 6) is -3.18. The van der Waals surface area contributed by atoms with Gasteiger partial charge in [-0.15, -0.1) is 13.2 Å². The standard InChI is InChI=1S/C16H12F4N4O3/c17-11-2-1-9(5-12(11)27-16(18,19)20)13-6-22-15(26-13)14(25)23-10-3-4-24(7-10)8-21/h1-2,5-6,10H,3-4,7H2,(H,23,25). The van der Waals surface area contributed by atoms with Crippen LogP contribution in [0.2, 0.25) is 0 Å². The molecule has 0 radical (unpaired) electrons. The van der Waals surface area contributed by atoms with Gasteiger partial charge in [-0.1, -0.05) is 0 Å². The van der Waals surface area contributed by atoms with Gasteiger partial charge in [-0.25, -0.2) is 9.37 Å². The quantitative estimate of drug-likeness (QED) is 0.644. The number of benzene rings is 1. The topological polar surface area (TPSA) is 91.4 Å². The van der Waals surface area contributed by atoms with E-state index >= 15 is 0 Å². The van der Waals surface area contributed by atoms with Crippen molar-refractivity contribution in [2.75, 3.05) is 13.1 Å². The molecule has 1 saturated heterocycles. The summed E-state index contributed by atoms with van der Waals surface area (Å²) in [6.07, 6.45) is -1.35. The summed E-state index contributed by atoms with van der Waals surface area (Å²) in [7, 11) is 0. The molecule has 2 heterocycles. The number of ether oxygens (including phenoxy) is 1. The van der Waals surface area contributed by atoms with Crippen molar-refractivity contribution >= 4 is 5.91 Å². The van der Waals surface area contributed by atoms with E-state index in [-0.39, 0.29) is 23.3 Å². The summed E-state index contributed by atoms with van der Waals surface area (Å²) in [6, 6.07) is 2.51. The van der Waals surface area contributed by atoms with Crippen LogP contribution >= 0.6 is 0 Å². The van der Waals surface area contributed by atoms with Crippen molar-refractivity contribution in [3.8, 4) is 23.3 Å². The van der Waals surface area contributed by atoms with Crippen molar-refractivity contribution in [2.45, 2.75) is 18.8 Å². The van der Waals surface area contributed by atoms with Gasteiger partial charge in [0.1, 0.15) is 0 Å². The first-order chi connectivity index (χ1) is 12.7. The third-order valence-electron chi connectivity index (χ3n) is 3.81. The SMILES string of the molecule is N#CN1CCC(NC(=O)c2ncc(-c3ccc(F)c(OC(F)(F)F)c3)o2)C1. The average Bonchev–Trinajstić information content (AvgIpc) is 3.25. The van der Waals surface area contributed by atoms with Crippen LogP contribution < -0.4 is 10.1 Å². The number of aromatic nitrogens is 1. The molecular weight excluding hydrogens is 372 g/mol. The molecule has 0 aliphatic carbocycles. The highest BCUT2D eigenvalue weighted by atomic mass is 19.4. The molecule has 1 fully saturated rings. The fraction of sp³-hybridized carbons (Fsp3) is 0.312. The Labute approximate surface area is 150 Å². The third-order valence-corrected chi connectivity index (χ3v) is 3.81. The zero-order valence-electron chi connectivity index (χ0n) is 13.6. The largest absolute Gasteiger partial charge is 0.573 e. The number of nitrogens with one attached hydrogen (secondary N) is 1. The molecule has 0 bridgehead atoms. The molecule has 3 rings (SSSR count). The van der Waals surface area contributed by atoms with Crippen molar-refractivity contribution < 1.29 is 31.5 Å². The van der Waals surface area contributed by atoms with Gasteiger partial charge in [0.25, 0.3) is 5.89 Å².